The van der Waals surface area contributed by atoms with Gasteiger partial charge in [0, 0.05) is 32.0 Å². The molecule has 1 amide bonds. The molecule has 2 saturated heterocycles. The second-order valence-electron chi connectivity index (χ2n) is 6.53. The fraction of sp³-hybridized carbons (Fsp3) is 0.421. The molecular formula is C19H22N4O3. The molecule has 2 aliphatic rings. The van der Waals surface area contributed by atoms with Crippen LogP contribution in [0.5, 0.6) is 5.88 Å². The summed E-state index contributed by atoms with van der Waals surface area (Å²) in [5.74, 6) is 1.32. The molecule has 0 saturated carbocycles. The third-order valence-electron chi connectivity index (χ3n) is 4.94. The number of nitrogens with zero attached hydrogens (tertiary/aromatic N) is 4. The molecule has 3 heterocycles. The first-order valence-electron chi connectivity index (χ1n) is 8.81. The van der Waals surface area contributed by atoms with E-state index >= 15 is 0 Å². The smallest absolute Gasteiger partial charge is 0.257 e. The van der Waals surface area contributed by atoms with E-state index < -0.39 is 0 Å². The average Bonchev–Trinajstić information content (AvgIpc) is 3.04. The number of hydrogen-bond donors (Lipinski definition) is 0. The van der Waals surface area contributed by atoms with Crippen LogP contribution in [0.25, 0.3) is 0 Å². The lowest BCUT2D eigenvalue weighted by Gasteiger charge is -2.29. The van der Waals surface area contributed by atoms with Gasteiger partial charge in [-0.2, -0.15) is 0 Å². The second-order valence-corrected chi connectivity index (χ2v) is 6.53. The van der Waals surface area contributed by atoms with Gasteiger partial charge in [-0.3, -0.25) is 4.79 Å². The number of methoxy groups -OCH3 is 1. The van der Waals surface area contributed by atoms with Gasteiger partial charge in [0.2, 0.25) is 5.91 Å². The molecule has 7 heteroatoms. The van der Waals surface area contributed by atoms with Gasteiger partial charge in [-0.15, -0.1) is 0 Å². The zero-order valence-corrected chi connectivity index (χ0v) is 14.7. The van der Waals surface area contributed by atoms with Gasteiger partial charge in [-0.05, 0) is 5.56 Å². The van der Waals surface area contributed by atoms with Crippen LogP contribution in [0, 0.1) is 0 Å². The van der Waals surface area contributed by atoms with Gasteiger partial charge >= 0.3 is 0 Å². The quantitative estimate of drug-likeness (QED) is 0.829. The lowest BCUT2D eigenvalue weighted by molar-refractivity contribution is -0.133. The van der Waals surface area contributed by atoms with Crippen molar-refractivity contribution < 1.29 is 14.3 Å². The molecule has 0 radical (unpaired) electrons. The number of rotatable bonds is 4. The average molecular weight is 354 g/mol. The van der Waals surface area contributed by atoms with Crippen LogP contribution in [-0.2, 0) is 16.1 Å². The van der Waals surface area contributed by atoms with Crippen LogP contribution >= 0.6 is 0 Å². The normalized spacial score (nSPS) is 22.9. The molecule has 0 spiro atoms. The van der Waals surface area contributed by atoms with Crippen LogP contribution in [-0.4, -0.2) is 59.7 Å². The molecule has 26 heavy (non-hydrogen) atoms. The molecule has 1 aromatic carbocycles. The van der Waals surface area contributed by atoms with E-state index in [9.17, 15) is 4.79 Å². The van der Waals surface area contributed by atoms with Crippen molar-refractivity contribution in [2.75, 3.05) is 31.7 Å². The highest BCUT2D eigenvalue weighted by atomic mass is 16.5. The van der Waals surface area contributed by atoms with E-state index in [1.165, 1.54) is 0 Å². The molecule has 2 aromatic rings. The van der Waals surface area contributed by atoms with Crippen molar-refractivity contribution in [3.63, 3.8) is 0 Å². The SMILES string of the molecule is COc1nccnc1N1C[C@@H]2OCCC(=O)N(Cc3ccccc3)[C@H]2C1. The van der Waals surface area contributed by atoms with E-state index in [4.69, 9.17) is 9.47 Å². The third kappa shape index (κ3) is 3.22. The van der Waals surface area contributed by atoms with Crippen LogP contribution in [0.1, 0.15) is 12.0 Å². The highest BCUT2D eigenvalue weighted by molar-refractivity contribution is 5.77. The molecule has 0 N–H and O–H groups in total. The minimum absolute atomic E-state index is 0.0167. The lowest BCUT2D eigenvalue weighted by atomic mass is 10.1. The van der Waals surface area contributed by atoms with Gasteiger partial charge in [0.15, 0.2) is 5.82 Å². The summed E-state index contributed by atoms with van der Waals surface area (Å²) in [7, 11) is 1.59. The first-order chi connectivity index (χ1) is 12.8. The highest BCUT2D eigenvalue weighted by Crippen LogP contribution is 2.31. The van der Waals surface area contributed by atoms with E-state index in [-0.39, 0.29) is 18.1 Å². The molecule has 2 fully saturated rings. The summed E-state index contributed by atoms with van der Waals surface area (Å²) in [6.07, 6.45) is 3.64. The number of amides is 1. The zero-order chi connectivity index (χ0) is 17.9. The van der Waals surface area contributed by atoms with Gasteiger partial charge < -0.3 is 19.3 Å². The minimum Gasteiger partial charge on any atom is -0.478 e. The maximum Gasteiger partial charge on any atom is 0.257 e. The Morgan fingerprint density at radius 2 is 2.00 bits per heavy atom. The van der Waals surface area contributed by atoms with E-state index in [1.807, 2.05) is 35.2 Å². The summed E-state index contributed by atoms with van der Waals surface area (Å²) in [6, 6.07) is 10.1. The third-order valence-corrected chi connectivity index (χ3v) is 4.94. The van der Waals surface area contributed by atoms with Crippen LogP contribution in [0.4, 0.5) is 5.82 Å². The first kappa shape index (κ1) is 16.8. The lowest BCUT2D eigenvalue weighted by Crippen LogP contribution is -2.45. The fourth-order valence-corrected chi connectivity index (χ4v) is 3.68. The highest BCUT2D eigenvalue weighted by Gasteiger charge is 2.42. The number of aromatic nitrogens is 2. The van der Waals surface area contributed by atoms with Crippen LogP contribution < -0.4 is 9.64 Å². The van der Waals surface area contributed by atoms with E-state index in [0.717, 1.165) is 5.56 Å². The predicted molar refractivity (Wildman–Crippen MR) is 95.9 cm³/mol. The van der Waals surface area contributed by atoms with Gasteiger partial charge in [0.25, 0.3) is 5.88 Å². The summed E-state index contributed by atoms with van der Waals surface area (Å²) < 4.78 is 11.3. The molecule has 7 nitrogen and oxygen atoms in total. The Balaban J connectivity index is 1.59. The molecule has 4 rings (SSSR count). The molecule has 1 aromatic heterocycles. The predicted octanol–water partition coefficient (Wildman–Crippen LogP) is 1.49. The van der Waals surface area contributed by atoms with Crippen LogP contribution in [0.15, 0.2) is 42.7 Å². The number of fused-ring (bicyclic) bond motifs is 1. The van der Waals surface area contributed by atoms with Crippen molar-refractivity contribution >= 4 is 11.7 Å². The number of carbonyl (C=O) groups is 1. The molecule has 2 aliphatic heterocycles. The molecule has 136 valence electrons. The Morgan fingerprint density at radius 3 is 2.81 bits per heavy atom. The van der Waals surface area contributed by atoms with Crippen molar-refractivity contribution in [3.05, 3.63) is 48.3 Å². The summed E-state index contributed by atoms with van der Waals surface area (Å²) in [5, 5.41) is 0. The van der Waals surface area contributed by atoms with Gasteiger partial charge in [0.1, 0.15) is 0 Å². The maximum absolute atomic E-state index is 12.7. The Kier molecular flexibility index (Phi) is 4.71. The number of ether oxygens (including phenoxy) is 2. The van der Waals surface area contributed by atoms with Crippen LogP contribution in [0.3, 0.4) is 0 Å². The molecule has 0 unspecified atom stereocenters. The largest absolute Gasteiger partial charge is 0.478 e. The molecular weight excluding hydrogens is 332 g/mol. The Labute approximate surface area is 152 Å². The van der Waals surface area contributed by atoms with E-state index in [0.29, 0.717) is 44.4 Å². The second kappa shape index (κ2) is 7.29. The fourth-order valence-electron chi connectivity index (χ4n) is 3.68. The summed E-state index contributed by atoms with van der Waals surface area (Å²) in [5.41, 5.74) is 1.12. The maximum atomic E-state index is 12.7. The van der Waals surface area contributed by atoms with Crippen molar-refractivity contribution in [2.45, 2.75) is 25.1 Å². The zero-order valence-electron chi connectivity index (χ0n) is 14.7. The van der Waals surface area contributed by atoms with Crippen molar-refractivity contribution in [1.82, 2.24) is 14.9 Å². The van der Waals surface area contributed by atoms with E-state index in [2.05, 4.69) is 14.9 Å². The number of benzene rings is 1. The number of carbonyl (C=O) groups excluding carboxylic acids is 1. The van der Waals surface area contributed by atoms with Gasteiger partial charge in [-0.25, -0.2) is 9.97 Å². The topological polar surface area (TPSA) is 67.8 Å². The van der Waals surface area contributed by atoms with Crippen molar-refractivity contribution in [3.8, 4) is 5.88 Å². The van der Waals surface area contributed by atoms with Gasteiger partial charge in [-0.1, -0.05) is 30.3 Å². The monoisotopic (exact) mass is 354 g/mol. The first-order valence-corrected chi connectivity index (χ1v) is 8.81. The summed E-state index contributed by atoms with van der Waals surface area (Å²) in [4.78, 5) is 25.4. The molecule has 2 atom stereocenters. The van der Waals surface area contributed by atoms with Crippen molar-refractivity contribution in [2.24, 2.45) is 0 Å². The minimum atomic E-state index is -0.0446. The van der Waals surface area contributed by atoms with E-state index in [1.54, 1.807) is 19.5 Å². The Morgan fingerprint density at radius 1 is 1.19 bits per heavy atom. The molecule has 0 aliphatic carbocycles. The number of anilines is 1. The Hall–Kier alpha value is -2.67. The Bertz CT molecular complexity index is 770. The summed E-state index contributed by atoms with van der Waals surface area (Å²) in [6.45, 7) is 2.36. The van der Waals surface area contributed by atoms with Crippen LogP contribution in [0.2, 0.25) is 0 Å². The summed E-state index contributed by atoms with van der Waals surface area (Å²) >= 11 is 0. The van der Waals surface area contributed by atoms with Gasteiger partial charge in [0.05, 0.1) is 32.3 Å². The number of hydrogen-bond acceptors (Lipinski definition) is 6. The standard InChI is InChI=1S/C19H22N4O3/c1-25-19-18(20-8-9-21-19)22-12-15-16(13-22)26-10-7-17(24)23(15)11-14-5-3-2-4-6-14/h2-6,8-9,15-16H,7,10-13H2,1H3/t15-,16-/m0/s1. The van der Waals surface area contributed by atoms with Crippen molar-refractivity contribution in [1.29, 1.82) is 0 Å². The molecule has 0 bridgehead atoms.